The lowest BCUT2D eigenvalue weighted by atomic mass is 10.0. The highest BCUT2D eigenvalue weighted by Crippen LogP contribution is 2.01. The number of carbonyl (C=O) groups excluding carboxylic acids is 1. The quantitative estimate of drug-likeness (QED) is 0.553. The lowest BCUT2D eigenvalue weighted by molar-refractivity contribution is -0.126. The first-order valence-electron chi connectivity index (χ1n) is 6.14. The molecule has 2 N–H and O–H groups in total. The Morgan fingerprint density at radius 1 is 1.24 bits per heavy atom. The molecule has 0 spiro atoms. The molecule has 0 aromatic carbocycles. The van der Waals surface area contributed by atoms with Crippen molar-refractivity contribution in [2.75, 3.05) is 40.0 Å². The van der Waals surface area contributed by atoms with Gasteiger partial charge in [0.05, 0.1) is 18.8 Å². The molecule has 0 atom stereocenters. The number of rotatable bonds is 10. The minimum atomic E-state index is -0.508. The molecule has 0 heterocycles. The third-order valence-electron chi connectivity index (χ3n) is 2.37. The van der Waals surface area contributed by atoms with Crippen LogP contribution in [-0.2, 0) is 14.3 Å². The van der Waals surface area contributed by atoms with Gasteiger partial charge in [0.15, 0.2) is 0 Å². The van der Waals surface area contributed by atoms with Crippen LogP contribution in [0.5, 0.6) is 0 Å². The minimum absolute atomic E-state index is 0.0243. The maximum Gasteiger partial charge on any atom is 0.239 e. The molecule has 0 saturated carbocycles. The van der Waals surface area contributed by atoms with Crippen LogP contribution in [0.25, 0.3) is 0 Å². The van der Waals surface area contributed by atoms with E-state index in [0.29, 0.717) is 26.4 Å². The van der Waals surface area contributed by atoms with Crippen molar-refractivity contribution in [2.24, 2.45) is 0 Å². The van der Waals surface area contributed by atoms with Crippen LogP contribution in [0.4, 0.5) is 0 Å². The van der Waals surface area contributed by atoms with Crippen LogP contribution in [0.1, 0.15) is 27.2 Å². The normalized spacial score (nSPS) is 11.5. The molecule has 0 unspecified atom stereocenters. The first-order chi connectivity index (χ1) is 8.04. The molecule has 0 rings (SSSR count). The van der Waals surface area contributed by atoms with Crippen LogP contribution in [0, 0.1) is 0 Å². The standard InChI is InChI=1S/C12H26N2O3/c1-5-14-12(2,3)11(15)13-7-6-8-17-10-9-16-4/h14H,5-10H2,1-4H3,(H,13,15). The third kappa shape index (κ3) is 8.12. The van der Waals surface area contributed by atoms with E-state index in [4.69, 9.17) is 9.47 Å². The molecule has 0 radical (unpaired) electrons. The van der Waals surface area contributed by atoms with E-state index in [2.05, 4.69) is 10.6 Å². The topological polar surface area (TPSA) is 59.6 Å². The Kier molecular flexibility index (Phi) is 9.03. The van der Waals surface area contributed by atoms with Gasteiger partial charge < -0.3 is 20.1 Å². The predicted molar refractivity (Wildman–Crippen MR) is 68.1 cm³/mol. The Balaban J connectivity index is 3.51. The van der Waals surface area contributed by atoms with Crippen LogP contribution in [0.3, 0.4) is 0 Å². The molecule has 1 amide bonds. The first-order valence-corrected chi connectivity index (χ1v) is 6.14. The average molecular weight is 246 g/mol. The van der Waals surface area contributed by atoms with Crippen LogP contribution in [0.2, 0.25) is 0 Å². The third-order valence-corrected chi connectivity index (χ3v) is 2.37. The lowest BCUT2D eigenvalue weighted by Crippen LogP contribution is -2.52. The summed E-state index contributed by atoms with van der Waals surface area (Å²) in [6.45, 7) is 9.01. The molecular formula is C12H26N2O3. The maximum absolute atomic E-state index is 11.8. The molecule has 0 aliphatic carbocycles. The molecule has 0 aromatic rings. The van der Waals surface area contributed by atoms with Gasteiger partial charge in [0, 0.05) is 20.3 Å². The summed E-state index contributed by atoms with van der Waals surface area (Å²) in [5, 5.41) is 6.02. The van der Waals surface area contributed by atoms with Gasteiger partial charge in [-0.05, 0) is 26.8 Å². The second-order valence-electron chi connectivity index (χ2n) is 4.37. The summed E-state index contributed by atoms with van der Waals surface area (Å²) in [7, 11) is 1.65. The van der Waals surface area contributed by atoms with Crippen LogP contribution in [-0.4, -0.2) is 51.5 Å². The Morgan fingerprint density at radius 3 is 2.53 bits per heavy atom. The van der Waals surface area contributed by atoms with Gasteiger partial charge >= 0.3 is 0 Å². The second kappa shape index (κ2) is 9.39. The highest BCUT2D eigenvalue weighted by atomic mass is 16.5. The van der Waals surface area contributed by atoms with Crippen molar-refractivity contribution in [3.63, 3.8) is 0 Å². The molecule has 0 saturated heterocycles. The fraction of sp³-hybridized carbons (Fsp3) is 0.917. The maximum atomic E-state index is 11.8. The van der Waals surface area contributed by atoms with E-state index >= 15 is 0 Å². The highest BCUT2D eigenvalue weighted by Gasteiger charge is 2.25. The van der Waals surface area contributed by atoms with Gasteiger partial charge in [-0.15, -0.1) is 0 Å². The van der Waals surface area contributed by atoms with Crippen LogP contribution >= 0.6 is 0 Å². The minimum Gasteiger partial charge on any atom is -0.382 e. The van der Waals surface area contributed by atoms with Gasteiger partial charge in [0.25, 0.3) is 0 Å². The van der Waals surface area contributed by atoms with E-state index in [0.717, 1.165) is 13.0 Å². The number of hydrogen-bond donors (Lipinski definition) is 2. The van der Waals surface area contributed by atoms with Crippen LogP contribution < -0.4 is 10.6 Å². The van der Waals surface area contributed by atoms with Gasteiger partial charge in [-0.25, -0.2) is 0 Å². The van der Waals surface area contributed by atoms with Crippen molar-refractivity contribution in [1.82, 2.24) is 10.6 Å². The van der Waals surface area contributed by atoms with Gasteiger partial charge in [0.2, 0.25) is 5.91 Å². The highest BCUT2D eigenvalue weighted by molar-refractivity contribution is 5.85. The fourth-order valence-electron chi connectivity index (χ4n) is 1.36. The zero-order valence-electron chi connectivity index (χ0n) is 11.5. The molecular weight excluding hydrogens is 220 g/mol. The summed E-state index contributed by atoms with van der Waals surface area (Å²) in [6.07, 6.45) is 0.817. The molecule has 0 aromatic heterocycles. The van der Waals surface area contributed by atoms with Crippen molar-refractivity contribution in [3.8, 4) is 0 Å². The number of ether oxygens (including phenoxy) is 2. The lowest BCUT2D eigenvalue weighted by Gasteiger charge is -2.24. The molecule has 0 fully saturated rings. The Hall–Kier alpha value is -0.650. The molecule has 102 valence electrons. The Bertz CT molecular complexity index is 208. The zero-order valence-corrected chi connectivity index (χ0v) is 11.5. The Labute approximate surface area is 104 Å². The summed E-state index contributed by atoms with van der Waals surface area (Å²) >= 11 is 0. The average Bonchev–Trinajstić information content (AvgIpc) is 2.27. The second-order valence-corrected chi connectivity index (χ2v) is 4.37. The summed E-state index contributed by atoms with van der Waals surface area (Å²) in [5.74, 6) is 0.0243. The predicted octanol–water partition coefficient (Wildman–Crippen LogP) is 0.544. The van der Waals surface area contributed by atoms with E-state index in [1.807, 2.05) is 20.8 Å². The Morgan fingerprint density at radius 2 is 1.94 bits per heavy atom. The van der Waals surface area contributed by atoms with Gasteiger partial charge in [0.1, 0.15) is 0 Å². The number of nitrogens with one attached hydrogen (secondary N) is 2. The van der Waals surface area contributed by atoms with Gasteiger partial charge in [-0.3, -0.25) is 4.79 Å². The number of methoxy groups -OCH3 is 1. The fourth-order valence-corrected chi connectivity index (χ4v) is 1.36. The first kappa shape index (κ1) is 16.4. The summed E-state index contributed by atoms with van der Waals surface area (Å²) in [6, 6.07) is 0. The molecule has 0 bridgehead atoms. The van der Waals surface area contributed by atoms with Crippen LogP contribution in [0.15, 0.2) is 0 Å². The van der Waals surface area contributed by atoms with Gasteiger partial charge in [-0.2, -0.15) is 0 Å². The molecule has 0 aliphatic rings. The van der Waals surface area contributed by atoms with E-state index in [1.54, 1.807) is 7.11 Å². The van der Waals surface area contributed by atoms with Crippen molar-refractivity contribution < 1.29 is 14.3 Å². The smallest absolute Gasteiger partial charge is 0.239 e. The number of carbonyl (C=O) groups is 1. The number of likely N-dealkylation sites (N-methyl/N-ethyl adjacent to an activating group) is 1. The SMILES string of the molecule is CCNC(C)(C)C(=O)NCCCOCCOC. The van der Waals surface area contributed by atoms with Crippen molar-refractivity contribution in [3.05, 3.63) is 0 Å². The van der Waals surface area contributed by atoms with Crippen molar-refractivity contribution in [2.45, 2.75) is 32.7 Å². The van der Waals surface area contributed by atoms with E-state index in [9.17, 15) is 4.79 Å². The summed E-state index contributed by atoms with van der Waals surface area (Å²) in [4.78, 5) is 11.8. The molecule has 5 nitrogen and oxygen atoms in total. The molecule has 0 aliphatic heterocycles. The molecule has 5 heteroatoms. The monoisotopic (exact) mass is 246 g/mol. The summed E-state index contributed by atoms with van der Waals surface area (Å²) < 4.78 is 10.2. The number of amides is 1. The van der Waals surface area contributed by atoms with E-state index in [1.165, 1.54) is 0 Å². The number of hydrogen-bond acceptors (Lipinski definition) is 4. The van der Waals surface area contributed by atoms with Crippen molar-refractivity contribution in [1.29, 1.82) is 0 Å². The summed E-state index contributed by atoms with van der Waals surface area (Å²) in [5.41, 5.74) is -0.508. The molecule has 17 heavy (non-hydrogen) atoms. The zero-order chi connectivity index (χ0) is 13.1. The van der Waals surface area contributed by atoms with E-state index in [-0.39, 0.29) is 5.91 Å². The van der Waals surface area contributed by atoms with E-state index < -0.39 is 5.54 Å². The van der Waals surface area contributed by atoms with Crippen molar-refractivity contribution >= 4 is 5.91 Å². The van der Waals surface area contributed by atoms with Gasteiger partial charge in [-0.1, -0.05) is 6.92 Å². The largest absolute Gasteiger partial charge is 0.382 e.